The van der Waals surface area contributed by atoms with Gasteiger partial charge in [-0.3, -0.25) is 9.69 Å². The molecule has 2 aliphatic heterocycles. The minimum absolute atomic E-state index is 0.323. The molecule has 1 aromatic rings. The molecule has 0 atom stereocenters. The van der Waals surface area contributed by atoms with Crippen LogP contribution >= 0.6 is 0 Å². The quantitative estimate of drug-likeness (QED) is 0.916. The molecule has 0 amide bonds. The van der Waals surface area contributed by atoms with Gasteiger partial charge in [0.25, 0.3) is 0 Å². The van der Waals surface area contributed by atoms with Gasteiger partial charge in [0, 0.05) is 19.4 Å². The first-order valence-electron chi connectivity index (χ1n) is 7.39. The van der Waals surface area contributed by atoms with E-state index in [2.05, 4.69) is 23.1 Å². The summed E-state index contributed by atoms with van der Waals surface area (Å²) in [6.07, 6.45) is 3.34. The summed E-state index contributed by atoms with van der Waals surface area (Å²) in [4.78, 5) is 13.1. The summed E-state index contributed by atoms with van der Waals surface area (Å²) >= 11 is 0. The predicted molar refractivity (Wildman–Crippen MR) is 75.9 cm³/mol. The molecule has 0 spiro atoms. The minimum Gasteiger partial charge on any atom is -0.493 e. The van der Waals surface area contributed by atoms with Crippen LogP contribution in [0.2, 0.25) is 0 Å². The summed E-state index contributed by atoms with van der Waals surface area (Å²) in [5.74, 6) is 0.730. The minimum atomic E-state index is -0.665. The van der Waals surface area contributed by atoms with E-state index in [0.717, 1.165) is 51.3 Å². The molecule has 1 aromatic carbocycles. The Balaban J connectivity index is 1.53. The van der Waals surface area contributed by atoms with Gasteiger partial charge >= 0.3 is 5.97 Å². The van der Waals surface area contributed by atoms with Gasteiger partial charge in [-0.15, -0.1) is 0 Å². The van der Waals surface area contributed by atoms with Crippen LogP contribution in [0.5, 0.6) is 5.75 Å². The maximum atomic E-state index is 10.7. The zero-order valence-corrected chi connectivity index (χ0v) is 11.7. The monoisotopic (exact) mass is 275 g/mol. The van der Waals surface area contributed by atoms with Gasteiger partial charge in [-0.2, -0.15) is 0 Å². The van der Waals surface area contributed by atoms with Gasteiger partial charge in [-0.25, -0.2) is 0 Å². The first-order chi connectivity index (χ1) is 9.70. The average Bonchev–Trinajstić information content (AvgIpc) is 2.88. The number of benzene rings is 1. The number of ether oxygens (including phenoxy) is 1. The Labute approximate surface area is 119 Å². The molecule has 3 rings (SSSR count). The van der Waals surface area contributed by atoms with E-state index >= 15 is 0 Å². The lowest BCUT2D eigenvalue weighted by Gasteiger charge is -2.31. The molecule has 0 radical (unpaired) electrons. The van der Waals surface area contributed by atoms with E-state index in [1.54, 1.807) is 0 Å². The lowest BCUT2D eigenvalue weighted by Crippen LogP contribution is -2.33. The number of nitrogens with zero attached hydrogens (tertiary/aromatic N) is 1. The molecule has 0 saturated carbocycles. The third-order valence-corrected chi connectivity index (χ3v) is 4.33. The van der Waals surface area contributed by atoms with E-state index in [0.29, 0.717) is 12.3 Å². The second-order valence-electron chi connectivity index (χ2n) is 5.86. The van der Waals surface area contributed by atoms with Crippen molar-refractivity contribution in [2.24, 2.45) is 5.92 Å². The number of likely N-dealkylation sites (tertiary alicyclic amines) is 1. The largest absolute Gasteiger partial charge is 0.493 e. The highest BCUT2D eigenvalue weighted by Crippen LogP contribution is 2.27. The first-order valence-corrected chi connectivity index (χ1v) is 7.39. The van der Waals surface area contributed by atoms with E-state index in [1.807, 2.05) is 0 Å². The molecule has 0 aromatic heterocycles. The molecule has 0 unspecified atom stereocenters. The molecule has 1 fully saturated rings. The van der Waals surface area contributed by atoms with E-state index in [1.165, 1.54) is 11.1 Å². The smallest absolute Gasteiger partial charge is 0.303 e. The maximum Gasteiger partial charge on any atom is 0.303 e. The molecule has 20 heavy (non-hydrogen) atoms. The summed E-state index contributed by atoms with van der Waals surface area (Å²) in [5.41, 5.74) is 2.66. The fourth-order valence-corrected chi connectivity index (χ4v) is 3.19. The van der Waals surface area contributed by atoms with Crippen LogP contribution < -0.4 is 4.74 Å². The first kappa shape index (κ1) is 13.4. The Kier molecular flexibility index (Phi) is 3.92. The van der Waals surface area contributed by atoms with E-state index in [-0.39, 0.29) is 0 Å². The fraction of sp³-hybridized carbons (Fsp3) is 0.562. The average molecular weight is 275 g/mol. The Morgan fingerprint density at radius 1 is 1.35 bits per heavy atom. The van der Waals surface area contributed by atoms with Crippen molar-refractivity contribution in [3.8, 4) is 5.75 Å². The van der Waals surface area contributed by atoms with Gasteiger partial charge in [0.05, 0.1) is 6.61 Å². The summed E-state index contributed by atoms with van der Waals surface area (Å²) < 4.78 is 5.53. The zero-order valence-electron chi connectivity index (χ0n) is 11.7. The topological polar surface area (TPSA) is 49.8 Å². The summed E-state index contributed by atoms with van der Waals surface area (Å²) in [7, 11) is 0. The van der Waals surface area contributed by atoms with Gasteiger partial charge in [-0.05, 0) is 49.0 Å². The van der Waals surface area contributed by atoms with E-state index < -0.39 is 5.97 Å². The Hall–Kier alpha value is -1.55. The molecule has 4 nitrogen and oxygen atoms in total. The number of piperidine rings is 1. The van der Waals surface area contributed by atoms with Crippen molar-refractivity contribution < 1.29 is 14.6 Å². The molecule has 0 bridgehead atoms. The highest BCUT2D eigenvalue weighted by molar-refractivity contribution is 5.67. The van der Waals surface area contributed by atoms with Crippen LogP contribution in [0.1, 0.15) is 30.4 Å². The molecule has 4 heteroatoms. The van der Waals surface area contributed by atoms with E-state index in [9.17, 15) is 4.79 Å². The Bertz CT molecular complexity index is 492. The van der Waals surface area contributed by atoms with Crippen LogP contribution in [0.15, 0.2) is 18.2 Å². The van der Waals surface area contributed by atoms with Crippen molar-refractivity contribution in [3.63, 3.8) is 0 Å². The molecule has 1 saturated heterocycles. The third kappa shape index (κ3) is 3.12. The van der Waals surface area contributed by atoms with Crippen molar-refractivity contribution in [2.75, 3.05) is 19.7 Å². The van der Waals surface area contributed by atoms with Gasteiger partial charge in [0.2, 0.25) is 0 Å². The highest BCUT2D eigenvalue weighted by atomic mass is 16.5. The highest BCUT2D eigenvalue weighted by Gasteiger charge is 2.21. The Morgan fingerprint density at radius 2 is 2.15 bits per heavy atom. The molecule has 2 aliphatic rings. The number of hydrogen-bond donors (Lipinski definition) is 1. The summed E-state index contributed by atoms with van der Waals surface area (Å²) in [6.45, 7) is 3.78. The zero-order chi connectivity index (χ0) is 13.9. The second-order valence-corrected chi connectivity index (χ2v) is 5.86. The van der Waals surface area contributed by atoms with E-state index in [4.69, 9.17) is 9.84 Å². The van der Waals surface area contributed by atoms with Crippen LogP contribution in [-0.4, -0.2) is 35.7 Å². The normalized spacial score (nSPS) is 19.6. The Morgan fingerprint density at radius 3 is 2.90 bits per heavy atom. The van der Waals surface area contributed by atoms with Crippen LogP contribution in [0, 0.1) is 5.92 Å². The summed E-state index contributed by atoms with van der Waals surface area (Å²) in [6, 6.07) is 6.48. The van der Waals surface area contributed by atoms with Crippen molar-refractivity contribution >= 4 is 5.97 Å². The van der Waals surface area contributed by atoms with Gasteiger partial charge < -0.3 is 9.84 Å². The number of carbonyl (C=O) groups is 1. The van der Waals surface area contributed by atoms with Crippen LogP contribution in [0.4, 0.5) is 0 Å². The second kappa shape index (κ2) is 5.83. The van der Waals surface area contributed by atoms with Crippen molar-refractivity contribution in [1.29, 1.82) is 0 Å². The van der Waals surface area contributed by atoms with Crippen molar-refractivity contribution in [1.82, 2.24) is 4.90 Å². The standard InChI is InChI=1S/C16H21NO3/c18-16(19)10-12-3-6-17(7-4-12)11-13-1-2-15-14(9-13)5-8-20-15/h1-2,9,12H,3-8,10-11H2,(H,18,19). The third-order valence-electron chi connectivity index (χ3n) is 4.33. The van der Waals surface area contributed by atoms with Crippen LogP contribution in [0.25, 0.3) is 0 Å². The van der Waals surface area contributed by atoms with Crippen LogP contribution in [0.3, 0.4) is 0 Å². The van der Waals surface area contributed by atoms with Crippen LogP contribution in [-0.2, 0) is 17.8 Å². The van der Waals surface area contributed by atoms with Gasteiger partial charge in [0.15, 0.2) is 0 Å². The number of fused-ring (bicyclic) bond motifs is 1. The van der Waals surface area contributed by atoms with Crippen molar-refractivity contribution in [3.05, 3.63) is 29.3 Å². The molecule has 2 heterocycles. The molecular formula is C16H21NO3. The lowest BCUT2D eigenvalue weighted by atomic mass is 9.93. The number of carboxylic acid groups (broad SMARTS) is 1. The molecule has 108 valence electrons. The fourth-order valence-electron chi connectivity index (χ4n) is 3.19. The van der Waals surface area contributed by atoms with Gasteiger partial charge in [0.1, 0.15) is 5.75 Å². The number of aliphatic carboxylic acids is 1. The lowest BCUT2D eigenvalue weighted by molar-refractivity contribution is -0.138. The number of carboxylic acids is 1. The maximum absolute atomic E-state index is 10.7. The predicted octanol–water partition coefficient (Wildman–Crippen LogP) is 2.31. The number of hydrogen-bond acceptors (Lipinski definition) is 3. The molecule has 1 N–H and O–H groups in total. The SMILES string of the molecule is O=C(O)CC1CCN(Cc2ccc3c(c2)CCO3)CC1. The van der Waals surface area contributed by atoms with Crippen molar-refractivity contribution in [2.45, 2.75) is 32.2 Å². The molecule has 0 aliphatic carbocycles. The molecular weight excluding hydrogens is 254 g/mol. The number of rotatable bonds is 4. The van der Waals surface area contributed by atoms with Gasteiger partial charge in [-0.1, -0.05) is 12.1 Å². The summed E-state index contributed by atoms with van der Waals surface area (Å²) in [5, 5.41) is 8.83.